The zero-order valence-corrected chi connectivity index (χ0v) is 13.4. The van der Waals surface area contributed by atoms with Crippen LogP contribution < -0.4 is 20.7 Å². The van der Waals surface area contributed by atoms with Gasteiger partial charge in [-0.1, -0.05) is 25.8 Å². The Balaban J connectivity index is 2.26. The Morgan fingerprint density at radius 1 is 1.19 bits per heavy atom. The largest absolute Gasteiger partial charge is 0.490 e. The van der Waals surface area contributed by atoms with E-state index in [0.717, 1.165) is 11.5 Å². The molecule has 0 aromatic heterocycles. The summed E-state index contributed by atoms with van der Waals surface area (Å²) in [6.45, 7) is 7.55. The summed E-state index contributed by atoms with van der Waals surface area (Å²) in [7, 11) is 0. The van der Waals surface area contributed by atoms with E-state index in [2.05, 4.69) is 24.5 Å². The lowest BCUT2D eigenvalue weighted by molar-refractivity contribution is 0.282. The molecule has 0 heterocycles. The highest BCUT2D eigenvalue weighted by molar-refractivity contribution is 5.44. The van der Waals surface area contributed by atoms with Crippen LogP contribution in [-0.4, -0.2) is 13.2 Å². The van der Waals surface area contributed by atoms with E-state index in [1.165, 1.54) is 24.8 Å². The molecule has 0 spiro atoms. The van der Waals surface area contributed by atoms with Gasteiger partial charge < -0.3 is 9.47 Å². The van der Waals surface area contributed by atoms with E-state index >= 15 is 0 Å². The van der Waals surface area contributed by atoms with Crippen molar-refractivity contribution in [3.8, 4) is 11.5 Å². The maximum Gasteiger partial charge on any atom is 0.161 e. The Bertz CT molecular complexity index is 450. The summed E-state index contributed by atoms with van der Waals surface area (Å²) >= 11 is 0. The molecule has 0 bridgehead atoms. The van der Waals surface area contributed by atoms with Gasteiger partial charge in [0.1, 0.15) is 0 Å². The molecule has 1 fully saturated rings. The molecule has 0 aliphatic heterocycles. The number of benzene rings is 1. The summed E-state index contributed by atoms with van der Waals surface area (Å²) in [6, 6.07) is 6.35. The van der Waals surface area contributed by atoms with Crippen molar-refractivity contribution in [3.63, 3.8) is 0 Å². The maximum absolute atomic E-state index is 5.85. The van der Waals surface area contributed by atoms with E-state index in [-0.39, 0.29) is 6.04 Å². The molecule has 1 aromatic carbocycles. The van der Waals surface area contributed by atoms with E-state index in [4.69, 9.17) is 15.3 Å². The number of ether oxygens (including phenoxy) is 2. The Morgan fingerprint density at radius 2 is 1.90 bits per heavy atom. The zero-order valence-electron chi connectivity index (χ0n) is 13.4. The fourth-order valence-corrected chi connectivity index (χ4v) is 3.40. The molecule has 3 N–H and O–H groups in total. The fourth-order valence-electron chi connectivity index (χ4n) is 3.40. The summed E-state index contributed by atoms with van der Waals surface area (Å²) in [5.41, 5.74) is 4.20. The normalized spacial score (nSPS) is 23.0. The van der Waals surface area contributed by atoms with Crippen LogP contribution in [-0.2, 0) is 0 Å². The molecule has 0 radical (unpaired) electrons. The highest BCUT2D eigenvalue weighted by Crippen LogP contribution is 2.41. The Labute approximate surface area is 128 Å². The molecule has 0 saturated heterocycles. The monoisotopic (exact) mass is 292 g/mol. The topological polar surface area (TPSA) is 56.5 Å². The molecule has 3 unspecified atom stereocenters. The minimum absolute atomic E-state index is 0.178. The first kappa shape index (κ1) is 16.1. The van der Waals surface area contributed by atoms with Gasteiger partial charge >= 0.3 is 0 Å². The van der Waals surface area contributed by atoms with Gasteiger partial charge in [-0.2, -0.15) is 0 Å². The van der Waals surface area contributed by atoms with Crippen LogP contribution in [0.4, 0.5) is 0 Å². The summed E-state index contributed by atoms with van der Waals surface area (Å²) in [5, 5.41) is 0. The second kappa shape index (κ2) is 7.66. The highest BCUT2D eigenvalue weighted by atomic mass is 16.5. The average Bonchev–Trinajstić information content (AvgIpc) is 2.89. The molecular formula is C17H28N2O2. The van der Waals surface area contributed by atoms with Gasteiger partial charge in [0.25, 0.3) is 0 Å². The Hall–Kier alpha value is -1.26. The van der Waals surface area contributed by atoms with Gasteiger partial charge in [0, 0.05) is 6.04 Å². The number of hydrazine groups is 1. The minimum Gasteiger partial charge on any atom is -0.490 e. The SMILES string of the molecule is CCOc1ccc(C(NN)C2CCCC2C)cc1OCC. The van der Waals surface area contributed by atoms with E-state index in [1.807, 2.05) is 19.9 Å². The lowest BCUT2D eigenvalue weighted by Gasteiger charge is -2.27. The second-order valence-electron chi connectivity index (χ2n) is 5.79. The molecule has 3 atom stereocenters. The molecule has 1 saturated carbocycles. The molecular weight excluding hydrogens is 264 g/mol. The van der Waals surface area contributed by atoms with Gasteiger partial charge in [0.15, 0.2) is 11.5 Å². The number of rotatable bonds is 7. The van der Waals surface area contributed by atoms with Gasteiger partial charge in [-0.3, -0.25) is 11.3 Å². The van der Waals surface area contributed by atoms with Gasteiger partial charge in [0.2, 0.25) is 0 Å². The van der Waals surface area contributed by atoms with Crippen molar-refractivity contribution in [2.75, 3.05) is 13.2 Å². The van der Waals surface area contributed by atoms with Crippen LogP contribution in [0.2, 0.25) is 0 Å². The molecule has 0 amide bonds. The standard InChI is InChI=1S/C17H28N2O2/c1-4-20-15-10-9-13(11-16(15)21-5-2)17(19-18)14-8-6-7-12(14)3/h9-12,14,17,19H,4-8,18H2,1-3H3. The lowest BCUT2D eigenvalue weighted by Crippen LogP contribution is -2.34. The first-order chi connectivity index (χ1) is 10.2. The van der Waals surface area contributed by atoms with Crippen LogP contribution in [0.3, 0.4) is 0 Å². The first-order valence-electron chi connectivity index (χ1n) is 8.06. The molecule has 1 aliphatic rings. The third kappa shape index (κ3) is 3.69. The summed E-state index contributed by atoms with van der Waals surface area (Å²) in [6.07, 6.45) is 3.81. The van der Waals surface area contributed by atoms with Gasteiger partial charge in [-0.25, -0.2) is 0 Å². The van der Waals surface area contributed by atoms with Gasteiger partial charge in [-0.15, -0.1) is 0 Å². The van der Waals surface area contributed by atoms with Crippen molar-refractivity contribution in [2.24, 2.45) is 17.7 Å². The number of hydrogen-bond donors (Lipinski definition) is 2. The zero-order chi connectivity index (χ0) is 15.2. The van der Waals surface area contributed by atoms with Gasteiger partial charge in [-0.05, 0) is 49.8 Å². The van der Waals surface area contributed by atoms with Crippen molar-refractivity contribution in [2.45, 2.75) is 46.1 Å². The molecule has 1 aromatic rings. The summed E-state index contributed by atoms with van der Waals surface area (Å²) < 4.78 is 11.3. The third-order valence-electron chi connectivity index (χ3n) is 4.46. The quantitative estimate of drug-likeness (QED) is 0.597. The summed E-state index contributed by atoms with van der Waals surface area (Å²) in [4.78, 5) is 0. The predicted octanol–water partition coefficient (Wildman–Crippen LogP) is 3.42. The van der Waals surface area contributed by atoms with Crippen molar-refractivity contribution in [3.05, 3.63) is 23.8 Å². The molecule has 118 valence electrons. The smallest absolute Gasteiger partial charge is 0.161 e. The predicted molar refractivity (Wildman–Crippen MR) is 85.3 cm³/mol. The van der Waals surface area contributed by atoms with Crippen LogP contribution in [0.15, 0.2) is 18.2 Å². The van der Waals surface area contributed by atoms with E-state index in [0.29, 0.717) is 25.0 Å². The second-order valence-corrected chi connectivity index (χ2v) is 5.79. The van der Waals surface area contributed by atoms with Crippen LogP contribution >= 0.6 is 0 Å². The average molecular weight is 292 g/mol. The molecule has 2 rings (SSSR count). The van der Waals surface area contributed by atoms with Crippen LogP contribution in [0.25, 0.3) is 0 Å². The molecule has 4 nitrogen and oxygen atoms in total. The van der Waals surface area contributed by atoms with E-state index in [9.17, 15) is 0 Å². The minimum atomic E-state index is 0.178. The summed E-state index contributed by atoms with van der Waals surface area (Å²) in [5.74, 6) is 8.75. The molecule has 21 heavy (non-hydrogen) atoms. The van der Waals surface area contributed by atoms with Crippen molar-refractivity contribution in [1.82, 2.24) is 5.43 Å². The first-order valence-corrected chi connectivity index (χ1v) is 8.06. The Morgan fingerprint density at radius 3 is 2.48 bits per heavy atom. The number of hydrogen-bond acceptors (Lipinski definition) is 4. The lowest BCUT2D eigenvalue weighted by atomic mass is 9.86. The van der Waals surface area contributed by atoms with E-state index < -0.39 is 0 Å². The van der Waals surface area contributed by atoms with E-state index in [1.54, 1.807) is 0 Å². The molecule has 1 aliphatic carbocycles. The van der Waals surface area contributed by atoms with Crippen molar-refractivity contribution >= 4 is 0 Å². The van der Waals surface area contributed by atoms with Crippen molar-refractivity contribution < 1.29 is 9.47 Å². The highest BCUT2D eigenvalue weighted by Gasteiger charge is 2.31. The van der Waals surface area contributed by atoms with Crippen LogP contribution in [0, 0.1) is 11.8 Å². The third-order valence-corrected chi connectivity index (χ3v) is 4.46. The number of nitrogens with two attached hydrogens (primary N) is 1. The Kier molecular flexibility index (Phi) is 5.88. The van der Waals surface area contributed by atoms with Crippen molar-refractivity contribution in [1.29, 1.82) is 0 Å². The number of nitrogens with one attached hydrogen (secondary N) is 1. The van der Waals surface area contributed by atoms with Crippen LogP contribution in [0.1, 0.15) is 51.6 Å². The van der Waals surface area contributed by atoms with Crippen LogP contribution in [0.5, 0.6) is 11.5 Å². The fraction of sp³-hybridized carbons (Fsp3) is 0.647. The maximum atomic E-state index is 5.85. The van der Waals surface area contributed by atoms with Gasteiger partial charge in [0.05, 0.1) is 13.2 Å². The molecule has 4 heteroatoms.